The van der Waals surface area contributed by atoms with Gasteiger partial charge in [-0.05, 0) is 48.0 Å². The fourth-order valence-corrected chi connectivity index (χ4v) is 3.14. The van der Waals surface area contributed by atoms with Crippen LogP contribution in [0.1, 0.15) is 16.1 Å². The summed E-state index contributed by atoms with van der Waals surface area (Å²) >= 11 is 5.95. The number of benzene rings is 2. The number of ether oxygens (including phenoxy) is 1. The highest BCUT2D eigenvalue weighted by Gasteiger charge is 2.15. The van der Waals surface area contributed by atoms with Crippen molar-refractivity contribution in [1.82, 2.24) is 24.5 Å². The maximum Gasteiger partial charge on any atom is 0.274 e. The molecule has 0 aliphatic carbocycles. The van der Waals surface area contributed by atoms with Gasteiger partial charge in [0.15, 0.2) is 12.4 Å². The van der Waals surface area contributed by atoms with Crippen LogP contribution in [0.5, 0.6) is 5.75 Å². The maximum absolute atomic E-state index is 12.7. The summed E-state index contributed by atoms with van der Waals surface area (Å²) in [5, 5.41) is 9.12. The maximum atomic E-state index is 12.7. The van der Waals surface area contributed by atoms with Gasteiger partial charge in [0.1, 0.15) is 5.75 Å². The molecule has 0 unspecified atom stereocenters. The summed E-state index contributed by atoms with van der Waals surface area (Å²) in [6, 6.07) is 18.6. The van der Waals surface area contributed by atoms with Crippen LogP contribution in [0.2, 0.25) is 5.02 Å². The van der Waals surface area contributed by atoms with Crippen molar-refractivity contribution in [3.63, 3.8) is 0 Å². The third kappa shape index (κ3) is 4.69. The zero-order valence-corrected chi connectivity index (χ0v) is 17.1. The smallest absolute Gasteiger partial charge is 0.274 e. The predicted molar refractivity (Wildman–Crippen MR) is 114 cm³/mol. The Morgan fingerprint density at radius 3 is 2.67 bits per heavy atom. The van der Waals surface area contributed by atoms with Crippen molar-refractivity contribution in [2.45, 2.75) is 13.3 Å². The first-order chi connectivity index (χ1) is 14.6. The molecule has 0 bridgehead atoms. The lowest BCUT2D eigenvalue weighted by atomic mass is 10.2. The Morgan fingerprint density at radius 2 is 1.93 bits per heavy atom. The van der Waals surface area contributed by atoms with Gasteiger partial charge >= 0.3 is 0 Å². The molecule has 0 radical (unpaired) electrons. The summed E-state index contributed by atoms with van der Waals surface area (Å²) in [5.74, 6) is 0.481. The molecule has 2 aromatic heterocycles. The fourth-order valence-electron chi connectivity index (χ4n) is 2.96. The summed E-state index contributed by atoms with van der Waals surface area (Å²) in [6.45, 7) is 0.663. The standard InChI is InChI=1S/C22H20ClN5O2/c1-26(15-17-6-8-19(9-7-17)28-12-3-11-24-28)22(29)21-10-13-27(25-21)16-30-20-5-2-4-18(23)14-20/h2-14H,15-16H2,1H3. The monoisotopic (exact) mass is 421 g/mol. The summed E-state index contributed by atoms with van der Waals surface area (Å²) in [4.78, 5) is 14.3. The lowest BCUT2D eigenvalue weighted by molar-refractivity contribution is 0.0777. The SMILES string of the molecule is CN(Cc1ccc(-n2cccn2)cc1)C(=O)c1ccn(COc2cccc(Cl)c2)n1. The van der Waals surface area contributed by atoms with Crippen molar-refractivity contribution in [3.05, 3.63) is 95.5 Å². The number of hydrogen-bond acceptors (Lipinski definition) is 4. The van der Waals surface area contributed by atoms with Gasteiger partial charge in [-0.1, -0.05) is 29.8 Å². The van der Waals surface area contributed by atoms with E-state index in [1.807, 2.05) is 48.7 Å². The number of nitrogens with zero attached hydrogens (tertiary/aromatic N) is 5. The van der Waals surface area contributed by atoms with Crippen LogP contribution < -0.4 is 4.74 Å². The number of hydrogen-bond donors (Lipinski definition) is 0. The van der Waals surface area contributed by atoms with Gasteiger partial charge in [0.2, 0.25) is 0 Å². The molecule has 8 heteroatoms. The highest BCUT2D eigenvalue weighted by Crippen LogP contribution is 2.17. The summed E-state index contributed by atoms with van der Waals surface area (Å²) in [5.41, 5.74) is 2.35. The molecule has 152 valence electrons. The van der Waals surface area contributed by atoms with Crippen LogP contribution in [-0.4, -0.2) is 37.4 Å². The molecule has 30 heavy (non-hydrogen) atoms. The molecule has 2 aromatic carbocycles. The topological polar surface area (TPSA) is 65.2 Å². The summed E-state index contributed by atoms with van der Waals surface area (Å²) in [7, 11) is 1.76. The molecule has 4 aromatic rings. The first kappa shape index (κ1) is 19.7. The number of carbonyl (C=O) groups is 1. The lowest BCUT2D eigenvalue weighted by Gasteiger charge is -2.16. The number of rotatable bonds is 7. The number of amides is 1. The first-order valence-electron chi connectivity index (χ1n) is 9.35. The Morgan fingerprint density at radius 1 is 1.10 bits per heavy atom. The van der Waals surface area contributed by atoms with Crippen LogP contribution in [0.15, 0.2) is 79.3 Å². The van der Waals surface area contributed by atoms with Gasteiger partial charge in [0, 0.05) is 37.2 Å². The van der Waals surface area contributed by atoms with Gasteiger partial charge in [-0.2, -0.15) is 10.2 Å². The minimum absolute atomic E-state index is 0.160. The van der Waals surface area contributed by atoms with E-state index in [4.69, 9.17) is 16.3 Å². The minimum atomic E-state index is -0.160. The molecule has 1 amide bonds. The second-order valence-electron chi connectivity index (χ2n) is 6.75. The second kappa shape index (κ2) is 8.84. The van der Waals surface area contributed by atoms with E-state index in [0.29, 0.717) is 23.0 Å². The Hall–Kier alpha value is -3.58. The van der Waals surface area contributed by atoms with E-state index in [1.54, 1.807) is 51.9 Å². The Bertz CT molecular complexity index is 1120. The highest BCUT2D eigenvalue weighted by atomic mass is 35.5. The van der Waals surface area contributed by atoms with E-state index in [-0.39, 0.29) is 12.6 Å². The highest BCUT2D eigenvalue weighted by molar-refractivity contribution is 6.30. The van der Waals surface area contributed by atoms with Crippen LogP contribution in [0.3, 0.4) is 0 Å². The molecule has 0 atom stereocenters. The first-order valence-corrected chi connectivity index (χ1v) is 9.72. The molecule has 0 aliphatic rings. The van der Waals surface area contributed by atoms with E-state index in [0.717, 1.165) is 11.3 Å². The molecule has 0 saturated heterocycles. The van der Waals surface area contributed by atoms with E-state index in [9.17, 15) is 4.79 Å². The van der Waals surface area contributed by atoms with Gasteiger partial charge in [-0.15, -0.1) is 0 Å². The molecule has 2 heterocycles. The third-order valence-electron chi connectivity index (χ3n) is 4.49. The molecule has 0 aliphatic heterocycles. The van der Waals surface area contributed by atoms with Crippen LogP contribution in [-0.2, 0) is 13.3 Å². The molecule has 0 spiro atoms. The van der Waals surface area contributed by atoms with E-state index >= 15 is 0 Å². The van der Waals surface area contributed by atoms with Crippen molar-refractivity contribution < 1.29 is 9.53 Å². The van der Waals surface area contributed by atoms with Crippen molar-refractivity contribution >= 4 is 17.5 Å². The number of aromatic nitrogens is 4. The van der Waals surface area contributed by atoms with Gasteiger partial charge in [0.25, 0.3) is 5.91 Å². The van der Waals surface area contributed by atoms with Crippen LogP contribution >= 0.6 is 11.6 Å². The summed E-state index contributed by atoms with van der Waals surface area (Å²) < 4.78 is 9.01. The van der Waals surface area contributed by atoms with Crippen molar-refractivity contribution in [2.75, 3.05) is 7.05 Å². The predicted octanol–water partition coefficient (Wildman–Crippen LogP) is 4.03. The molecule has 0 fully saturated rings. The molecule has 7 nitrogen and oxygen atoms in total. The molecule has 0 saturated carbocycles. The second-order valence-corrected chi connectivity index (χ2v) is 7.19. The zero-order valence-electron chi connectivity index (χ0n) is 16.4. The minimum Gasteiger partial charge on any atom is -0.471 e. The van der Waals surface area contributed by atoms with Crippen LogP contribution in [0, 0.1) is 0 Å². The lowest BCUT2D eigenvalue weighted by Crippen LogP contribution is -2.26. The molecule has 4 rings (SSSR count). The Balaban J connectivity index is 1.35. The van der Waals surface area contributed by atoms with Gasteiger partial charge in [0.05, 0.1) is 5.69 Å². The Kier molecular flexibility index (Phi) is 5.81. The van der Waals surface area contributed by atoms with Crippen LogP contribution in [0.4, 0.5) is 0 Å². The molecule has 0 N–H and O–H groups in total. The van der Waals surface area contributed by atoms with Crippen molar-refractivity contribution in [1.29, 1.82) is 0 Å². The number of carbonyl (C=O) groups excluding carboxylic acids is 1. The van der Waals surface area contributed by atoms with E-state index in [2.05, 4.69) is 10.2 Å². The van der Waals surface area contributed by atoms with Gasteiger partial charge in [-0.25, -0.2) is 9.36 Å². The largest absolute Gasteiger partial charge is 0.471 e. The Labute approximate surface area is 179 Å². The third-order valence-corrected chi connectivity index (χ3v) is 4.73. The van der Waals surface area contributed by atoms with E-state index < -0.39 is 0 Å². The average molecular weight is 422 g/mol. The number of halogens is 1. The normalized spacial score (nSPS) is 10.7. The van der Waals surface area contributed by atoms with Gasteiger partial charge < -0.3 is 9.64 Å². The van der Waals surface area contributed by atoms with Crippen LogP contribution in [0.25, 0.3) is 5.69 Å². The molecular formula is C22H20ClN5O2. The zero-order chi connectivity index (χ0) is 20.9. The van der Waals surface area contributed by atoms with Gasteiger partial charge in [-0.3, -0.25) is 4.79 Å². The average Bonchev–Trinajstić information content (AvgIpc) is 3.45. The fraction of sp³-hybridized carbons (Fsp3) is 0.136. The summed E-state index contributed by atoms with van der Waals surface area (Å²) in [6.07, 6.45) is 5.33. The van der Waals surface area contributed by atoms with Crippen molar-refractivity contribution in [3.8, 4) is 11.4 Å². The van der Waals surface area contributed by atoms with E-state index in [1.165, 1.54) is 0 Å². The van der Waals surface area contributed by atoms with Crippen molar-refractivity contribution in [2.24, 2.45) is 0 Å². The molecular weight excluding hydrogens is 402 g/mol. The quantitative estimate of drug-likeness (QED) is 0.452.